The lowest BCUT2D eigenvalue weighted by atomic mass is 10.0. The molecule has 1 heterocycles. The van der Waals surface area contributed by atoms with Gasteiger partial charge in [-0.2, -0.15) is 0 Å². The second-order valence-corrected chi connectivity index (χ2v) is 5.21. The first kappa shape index (κ1) is 14.6. The number of hydrogen-bond acceptors (Lipinski definition) is 4. The third-order valence-corrected chi connectivity index (χ3v) is 3.27. The van der Waals surface area contributed by atoms with Crippen molar-refractivity contribution in [2.45, 2.75) is 46.3 Å². The van der Waals surface area contributed by atoms with E-state index in [0.717, 1.165) is 35.6 Å². The summed E-state index contributed by atoms with van der Waals surface area (Å²) in [6.07, 6.45) is 1.78. The second kappa shape index (κ2) is 6.57. The molecular weight excluding hydrogens is 252 g/mol. The maximum absolute atomic E-state index is 6.05. The van der Waals surface area contributed by atoms with Gasteiger partial charge in [0.25, 0.3) is 0 Å². The Morgan fingerprint density at radius 3 is 2.75 bits per heavy atom. The first-order valence-electron chi connectivity index (χ1n) is 6.98. The van der Waals surface area contributed by atoms with E-state index in [4.69, 9.17) is 15.0 Å². The van der Waals surface area contributed by atoms with Crippen LogP contribution in [0.1, 0.15) is 35.9 Å². The molecule has 0 amide bonds. The van der Waals surface area contributed by atoms with E-state index in [9.17, 15) is 0 Å². The van der Waals surface area contributed by atoms with Crippen LogP contribution in [-0.4, -0.2) is 11.2 Å². The summed E-state index contributed by atoms with van der Waals surface area (Å²) in [6.45, 7) is 6.45. The highest BCUT2D eigenvalue weighted by Gasteiger charge is 2.10. The summed E-state index contributed by atoms with van der Waals surface area (Å²) in [5.41, 5.74) is 9.28. The van der Waals surface area contributed by atoms with E-state index in [2.05, 4.69) is 25.1 Å². The van der Waals surface area contributed by atoms with E-state index < -0.39 is 0 Å². The molecule has 4 heteroatoms. The summed E-state index contributed by atoms with van der Waals surface area (Å²) >= 11 is 0. The monoisotopic (exact) mass is 274 g/mol. The van der Waals surface area contributed by atoms with Crippen LogP contribution in [0.5, 0.6) is 5.75 Å². The molecule has 1 aromatic carbocycles. The van der Waals surface area contributed by atoms with E-state index >= 15 is 0 Å². The lowest BCUT2D eigenvalue weighted by Crippen LogP contribution is -2.21. The minimum absolute atomic E-state index is 0.159. The molecule has 0 spiro atoms. The maximum atomic E-state index is 6.05. The van der Waals surface area contributed by atoms with Crippen LogP contribution in [0.2, 0.25) is 0 Å². The predicted molar refractivity (Wildman–Crippen MR) is 78.7 cm³/mol. The van der Waals surface area contributed by atoms with Crippen molar-refractivity contribution in [3.63, 3.8) is 0 Å². The van der Waals surface area contributed by atoms with Crippen LogP contribution in [0.4, 0.5) is 0 Å². The highest BCUT2D eigenvalue weighted by Crippen LogP contribution is 2.23. The fourth-order valence-electron chi connectivity index (χ4n) is 2.07. The molecule has 1 aromatic heterocycles. The van der Waals surface area contributed by atoms with Crippen LogP contribution in [-0.2, 0) is 13.0 Å². The SMILES string of the molecule is CCC(N)Cc1cc(C)ccc1OCc1cc(C)no1. The number of ether oxygens (including phenoxy) is 1. The Kier molecular flexibility index (Phi) is 4.79. The summed E-state index contributed by atoms with van der Waals surface area (Å²) in [4.78, 5) is 0. The lowest BCUT2D eigenvalue weighted by molar-refractivity contribution is 0.246. The zero-order valence-corrected chi connectivity index (χ0v) is 12.3. The van der Waals surface area contributed by atoms with E-state index in [-0.39, 0.29) is 6.04 Å². The number of rotatable bonds is 6. The first-order chi connectivity index (χ1) is 9.58. The number of nitrogens with two attached hydrogens (primary N) is 1. The van der Waals surface area contributed by atoms with E-state index in [1.807, 2.05) is 25.1 Å². The Hall–Kier alpha value is -1.81. The molecule has 0 radical (unpaired) electrons. The van der Waals surface area contributed by atoms with Crippen molar-refractivity contribution >= 4 is 0 Å². The predicted octanol–water partition coefficient (Wildman–Crippen LogP) is 3.15. The van der Waals surface area contributed by atoms with Gasteiger partial charge in [0.15, 0.2) is 5.76 Å². The number of aryl methyl sites for hydroxylation is 2. The van der Waals surface area contributed by atoms with Crippen molar-refractivity contribution in [3.8, 4) is 5.75 Å². The third kappa shape index (κ3) is 3.84. The highest BCUT2D eigenvalue weighted by atomic mass is 16.5. The second-order valence-electron chi connectivity index (χ2n) is 5.21. The largest absolute Gasteiger partial charge is 0.485 e. The Morgan fingerprint density at radius 1 is 1.30 bits per heavy atom. The van der Waals surface area contributed by atoms with Crippen LogP contribution in [0.3, 0.4) is 0 Å². The van der Waals surface area contributed by atoms with Gasteiger partial charge in [-0.05, 0) is 38.3 Å². The fourth-order valence-corrected chi connectivity index (χ4v) is 2.07. The third-order valence-electron chi connectivity index (χ3n) is 3.27. The number of benzene rings is 1. The quantitative estimate of drug-likeness (QED) is 0.879. The highest BCUT2D eigenvalue weighted by molar-refractivity contribution is 5.37. The minimum Gasteiger partial charge on any atom is -0.485 e. The summed E-state index contributed by atoms with van der Waals surface area (Å²) in [5, 5.41) is 3.85. The summed E-state index contributed by atoms with van der Waals surface area (Å²) in [6, 6.07) is 8.21. The van der Waals surface area contributed by atoms with Gasteiger partial charge in [-0.25, -0.2) is 0 Å². The molecule has 20 heavy (non-hydrogen) atoms. The summed E-state index contributed by atoms with van der Waals surface area (Å²) < 4.78 is 11.0. The van der Waals surface area contributed by atoms with Crippen LogP contribution in [0.15, 0.2) is 28.8 Å². The molecule has 2 aromatic rings. The number of hydrogen-bond donors (Lipinski definition) is 1. The summed E-state index contributed by atoms with van der Waals surface area (Å²) in [5.74, 6) is 1.60. The standard InChI is InChI=1S/C16H22N2O2/c1-4-14(17)9-13-7-11(2)5-6-16(13)19-10-15-8-12(3)18-20-15/h5-8,14H,4,9-10,17H2,1-3H3. The van der Waals surface area contributed by atoms with Crippen molar-refractivity contribution in [2.75, 3.05) is 0 Å². The van der Waals surface area contributed by atoms with Crippen LogP contribution < -0.4 is 10.5 Å². The molecule has 0 aliphatic carbocycles. The molecule has 2 N–H and O–H groups in total. The Balaban J connectivity index is 2.09. The zero-order valence-electron chi connectivity index (χ0n) is 12.3. The van der Waals surface area contributed by atoms with Gasteiger partial charge >= 0.3 is 0 Å². The van der Waals surface area contributed by atoms with Gasteiger partial charge in [0.1, 0.15) is 12.4 Å². The van der Waals surface area contributed by atoms with Crippen molar-refractivity contribution in [1.82, 2.24) is 5.16 Å². The Morgan fingerprint density at radius 2 is 2.10 bits per heavy atom. The molecule has 1 atom stereocenters. The first-order valence-corrected chi connectivity index (χ1v) is 6.98. The van der Waals surface area contributed by atoms with Gasteiger partial charge in [-0.1, -0.05) is 29.8 Å². The van der Waals surface area contributed by atoms with Crippen LogP contribution in [0.25, 0.3) is 0 Å². The molecule has 108 valence electrons. The van der Waals surface area contributed by atoms with E-state index in [0.29, 0.717) is 6.61 Å². The summed E-state index contributed by atoms with van der Waals surface area (Å²) in [7, 11) is 0. The average Bonchev–Trinajstić information content (AvgIpc) is 2.83. The zero-order chi connectivity index (χ0) is 14.5. The molecular formula is C16H22N2O2. The average molecular weight is 274 g/mol. The molecule has 2 rings (SSSR count). The fraction of sp³-hybridized carbons (Fsp3) is 0.438. The maximum Gasteiger partial charge on any atom is 0.174 e. The molecule has 0 saturated heterocycles. The van der Waals surface area contributed by atoms with Crippen molar-refractivity contribution in [3.05, 3.63) is 46.8 Å². The molecule has 0 bridgehead atoms. The van der Waals surface area contributed by atoms with Gasteiger partial charge < -0.3 is 15.0 Å². The number of aromatic nitrogens is 1. The number of nitrogens with zero attached hydrogens (tertiary/aromatic N) is 1. The van der Waals surface area contributed by atoms with Gasteiger partial charge in [-0.15, -0.1) is 0 Å². The van der Waals surface area contributed by atoms with Crippen LogP contribution in [0, 0.1) is 13.8 Å². The minimum atomic E-state index is 0.159. The Labute approximate surface area is 119 Å². The van der Waals surface area contributed by atoms with E-state index in [1.54, 1.807) is 0 Å². The van der Waals surface area contributed by atoms with Crippen molar-refractivity contribution in [1.29, 1.82) is 0 Å². The van der Waals surface area contributed by atoms with Gasteiger partial charge in [-0.3, -0.25) is 0 Å². The molecule has 0 aliphatic heterocycles. The topological polar surface area (TPSA) is 61.3 Å². The molecule has 1 unspecified atom stereocenters. The van der Waals surface area contributed by atoms with Gasteiger partial charge in [0.2, 0.25) is 0 Å². The van der Waals surface area contributed by atoms with Crippen molar-refractivity contribution in [2.24, 2.45) is 5.73 Å². The van der Waals surface area contributed by atoms with Gasteiger partial charge in [0.05, 0.1) is 5.69 Å². The molecule has 0 fully saturated rings. The van der Waals surface area contributed by atoms with E-state index in [1.165, 1.54) is 5.56 Å². The van der Waals surface area contributed by atoms with Gasteiger partial charge in [0, 0.05) is 12.1 Å². The Bertz CT molecular complexity index is 563. The van der Waals surface area contributed by atoms with Crippen molar-refractivity contribution < 1.29 is 9.26 Å². The lowest BCUT2D eigenvalue weighted by Gasteiger charge is -2.14. The molecule has 4 nitrogen and oxygen atoms in total. The molecule has 0 aliphatic rings. The smallest absolute Gasteiger partial charge is 0.174 e. The van der Waals surface area contributed by atoms with Crippen LogP contribution >= 0.6 is 0 Å². The molecule has 0 saturated carbocycles. The normalized spacial score (nSPS) is 12.4.